The number of aromatic nitrogens is 4. The minimum Gasteiger partial charge on any atom is -0.480 e. The van der Waals surface area contributed by atoms with Gasteiger partial charge < -0.3 is 41.3 Å². The SMILES string of the molecule is O=C(O)CN1CCN(CC(=O)O)Cc2ccc(NC(=O)Cc3ccc4ccc5ccc(CC(=O)Nc6ccc7nc6CN(CC(=O)O)CCN(CC(=O)O)CCN(CC(=O)O)C7)nc5c4n3)c(n2)CN(CC(=O)O)CC1. The van der Waals surface area contributed by atoms with Crippen molar-refractivity contribution in [2.45, 2.75) is 39.0 Å². The van der Waals surface area contributed by atoms with Crippen LogP contribution in [0.15, 0.2) is 60.7 Å². The molecular formula is C50H58N12O14. The van der Waals surface area contributed by atoms with E-state index in [1.165, 1.54) is 0 Å². The van der Waals surface area contributed by atoms with Crippen LogP contribution >= 0.6 is 0 Å². The van der Waals surface area contributed by atoms with Gasteiger partial charge in [-0.3, -0.25) is 77.7 Å². The number of fused-ring (bicyclic) bond motifs is 7. The van der Waals surface area contributed by atoms with Crippen LogP contribution in [0, 0.1) is 0 Å². The van der Waals surface area contributed by atoms with Crippen molar-refractivity contribution >= 4 is 80.8 Å². The molecule has 2 amide bonds. The van der Waals surface area contributed by atoms with E-state index in [1.807, 2.05) is 12.1 Å². The van der Waals surface area contributed by atoms with Crippen molar-refractivity contribution in [3.63, 3.8) is 0 Å². The molecule has 8 N–H and O–H groups in total. The molecule has 7 rings (SSSR count). The number of carbonyl (C=O) groups is 8. The molecule has 2 aliphatic rings. The second kappa shape index (κ2) is 25.9. The summed E-state index contributed by atoms with van der Waals surface area (Å²) in [5.41, 5.74) is 3.77. The molecule has 0 spiro atoms. The van der Waals surface area contributed by atoms with Crippen LogP contribution in [-0.2, 0) is 77.4 Å². The third-order valence-electron chi connectivity index (χ3n) is 12.5. The first kappa shape index (κ1) is 55.6. The molecule has 26 heteroatoms. The third-order valence-corrected chi connectivity index (χ3v) is 12.5. The Morgan fingerprint density at radius 1 is 0.368 bits per heavy atom. The van der Waals surface area contributed by atoms with E-state index in [0.29, 0.717) is 56.0 Å². The molecule has 4 aromatic heterocycles. The molecule has 76 heavy (non-hydrogen) atoms. The molecule has 0 aliphatic carbocycles. The Morgan fingerprint density at radius 2 is 0.658 bits per heavy atom. The number of aliphatic carboxylic acids is 6. The van der Waals surface area contributed by atoms with Crippen molar-refractivity contribution in [2.75, 3.05) is 102 Å². The van der Waals surface area contributed by atoms with Gasteiger partial charge in [0.1, 0.15) is 0 Å². The average molecular weight is 1050 g/mol. The number of carboxylic acid groups (broad SMARTS) is 6. The van der Waals surface area contributed by atoms with Crippen LogP contribution in [0.4, 0.5) is 11.4 Å². The summed E-state index contributed by atoms with van der Waals surface area (Å²) in [6, 6.07) is 17.2. The van der Waals surface area contributed by atoms with Crippen molar-refractivity contribution in [1.29, 1.82) is 0 Å². The first-order valence-electron chi connectivity index (χ1n) is 24.2. The van der Waals surface area contributed by atoms with Gasteiger partial charge in [0.2, 0.25) is 11.8 Å². The summed E-state index contributed by atoms with van der Waals surface area (Å²) in [4.78, 5) is 127. The third kappa shape index (κ3) is 16.7. The summed E-state index contributed by atoms with van der Waals surface area (Å²) in [5, 5.41) is 65.0. The normalized spacial score (nSPS) is 16.1. The fourth-order valence-electron chi connectivity index (χ4n) is 9.06. The Hall–Kier alpha value is -8.14. The maximum atomic E-state index is 13.8. The first-order valence-corrected chi connectivity index (χ1v) is 24.2. The molecule has 0 radical (unpaired) electrons. The monoisotopic (exact) mass is 1050 g/mol. The molecule has 0 atom stereocenters. The van der Waals surface area contributed by atoms with E-state index in [0.717, 1.165) is 0 Å². The van der Waals surface area contributed by atoms with Gasteiger partial charge >= 0.3 is 35.8 Å². The van der Waals surface area contributed by atoms with Gasteiger partial charge in [0.05, 0.1) is 109 Å². The zero-order chi connectivity index (χ0) is 54.5. The number of anilines is 2. The minimum absolute atomic E-state index is 0.0386. The number of nitrogens with zero attached hydrogens (tertiary/aromatic N) is 10. The Balaban J connectivity index is 1.10. The molecule has 1 aromatic carbocycles. The van der Waals surface area contributed by atoms with Crippen molar-refractivity contribution in [1.82, 2.24) is 49.3 Å². The van der Waals surface area contributed by atoms with Crippen LogP contribution in [0.3, 0.4) is 0 Å². The van der Waals surface area contributed by atoms with Gasteiger partial charge in [0, 0.05) is 89.3 Å². The molecule has 5 aromatic rings. The molecular weight excluding hydrogens is 993 g/mol. The van der Waals surface area contributed by atoms with Crippen molar-refractivity contribution in [3.05, 3.63) is 94.8 Å². The summed E-state index contributed by atoms with van der Waals surface area (Å²) >= 11 is 0. The van der Waals surface area contributed by atoms with E-state index in [-0.39, 0.29) is 129 Å². The second-order valence-electron chi connectivity index (χ2n) is 18.6. The van der Waals surface area contributed by atoms with E-state index in [2.05, 4.69) is 10.6 Å². The highest BCUT2D eigenvalue weighted by Gasteiger charge is 2.25. The highest BCUT2D eigenvalue weighted by atomic mass is 16.4. The number of carboxylic acids is 6. The number of amides is 2. The lowest BCUT2D eigenvalue weighted by Crippen LogP contribution is -2.44. The van der Waals surface area contributed by atoms with Gasteiger partial charge in [-0.1, -0.05) is 24.3 Å². The number of hydrogen-bond acceptors (Lipinski definition) is 18. The Morgan fingerprint density at radius 3 is 0.987 bits per heavy atom. The molecule has 2 aliphatic heterocycles. The highest BCUT2D eigenvalue weighted by Crippen LogP contribution is 2.25. The van der Waals surface area contributed by atoms with E-state index in [1.54, 1.807) is 77.9 Å². The van der Waals surface area contributed by atoms with Gasteiger partial charge in [0.25, 0.3) is 0 Å². The summed E-state index contributed by atoms with van der Waals surface area (Å²) in [6.45, 7) is -0.666. The number of carbonyl (C=O) groups excluding carboxylic acids is 2. The smallest absolute Gasteiger partial charge is 0.317 e. The van der Waals surface area contributed by atoms with Crippen LogP contribution < -0.4 is 10.6 Å². The van der Waals surface area contributed by atoms with E-state index < -0.39 is 60.7 Å². The molecule has 402 valence electrons. The lowest BCUT2D eigenvalue weighted by molar-refractivity contribution is -0.140. The first-order chi connectivity index (χ1) is 36.3. The van der Waals surface area contributed by atoms with E-state index >= 15 is 0 Å². The molecule has 0 unspecified atom stereocenters. The quantitative estimate of drug-likeness (QED) is 0.0547. The molecule has 26 nitrogen and oxygen atoms in total. The lowest BCUT2D eigenvalue weighted by Gasteiger charge is -2.30. The van der Waals surface area contributed by atoms with Gasteiger partial charge in [-0.05, 0) is 36.4 Å². The molecule has 0 fully saturated rings. The van der Waals surface area contributed by atoms with E-state index in [9.17, 15) is 69.0 Å². The largest absolute Gasteiger partial charge is 0.480 e. The maximum Gasteiger partial charge on any atom is 0.317 e. The Bertz CT molecular complexity index is 2820. The standard InChI is InChI=1S/C50H58N12O14/c63-41(55-37-9-7-35-21-59(27-45(69)70)15-11-57(25-43(65)66)13-17-61(29-47(73)74)23-39(37)51-35)19-33-5-3-31-1-2-32-4-6-34(54-50(32)49(31)53-33)20-42(64)56-38-10-8-36-22-60(28-46(71)72)16-12-58(26-44(67)68)14-18-62(30-48(75)76)24-40(38)52-36/h1-10H,11-30H2,(H,55,63)(H,56,64)(H,65,66)(H,67,68)(H,69,70)(H,71,72)(H,73,74)(H,75,76). The fraction of sp³-hybridized carbons (Fsp3) is 0.400. The van der Waals surface area contributed by atoms with Crippen LogP contribution in [0.1, 0.15) is 34.2 Å². The van der Waals surface area contributed by atoms with Crippen molar-refractivity contribution < 1.29 is 69.0 Å². The maximum absolute atomic E-state index is 13.8. The summed E-state index contributed by atoms with van der Waals surface area (Å²) in [6.07, 6.45) is -0.412. The van der Waals surface area contributed by atoms with Crippen LogP contribution in [0.25, 0.3) is 21.8 Å². The second-order valence-corrected chi connectivity index (χ2v) is 18.6. The number of benzene rings is 1. The summed E-state index contributed by atoms with van der Waals surface area (Å²) < 4.78 is 0. The average Bonchev–Trinajstić information content (AvgIpc) is 3.34. The Kier molecular flexibility index (Phi) is 18.9. The van der Waals surface area contributed by atoms with Gasteiger partial charge in [-0.15, -0.1) is 0 Å². The number of rotatable bonds is 18. The van der Waals surface area contributed by atoms with E-state index in [4.69, 9.17) is 19.9 Å². The zero-order valence-electron chi connectivity index (χ0n) is 41.3. The van der Waals surface area contributed by atoms with Crippen molar-refractivity contribution in [2.24, 2.45) is 0 Å². The van der Waals surface area contributed by atoms with Crippen LogP contribution in [0.5, 0.6) is 0 Å². The predicted octanol–water partition coefficient (Wildman–Crippen LogP) is 0.282. The molecule has 6 heterocycles. The van der Waals surface area contributed by atoms with Gasteiger partial charge in [-0.2, -0.15) is 0 Å². The topological polar surface area (TPSA) is 353 Å². The Labute approximate surface area is 434 Å². The lowest BCUT2D eigenvalue weighted by atomic mass is 10.1. The fourth-order valence-corrected chi connectivity index (χ4v) is 9.06. The predicted molar refractivity (Wildman–Crippen MR) is 270 cm³/mol. The number of hydrogen-bond donors (Lipinski definition) is 8. The summed E-state index contributed by atoms with van der Waals surface area (Å²) in [7, 11) is 0. The van der Waals surface area contributed by atoms with Gasteiger partial charge in [-0.25, -0.2) is 9.97 Å². The van der Waals surface area contributed by atoms with Crippen LogP contribution in [-0.4, -0.2) is 219 Å². The number of nitrogens with one attached hydrogen (secondary N) is 2. The molecule has 0 saturated carbocycles. The van der Waals surface area contributed by atoms with Crippen LogP contribution in [0.2, 0.25) is 0 Å². The van der Waals surface area contributed by atoms with Crippen molar-refractivity contribution in [3.8, 4) is 0 Å². The van der Waals surface area contributed by atoms with Gasteiger partial charge in [0.15, 0.2) is 0 Å². The molecule has 0 saturated heterocycles. The summed E-state index contributed by atoms with van der Waals surface area (Å²) in [5.74, 6) is -7.56. The zero-order valence-corrected chi connectivity index (χ0v) is 41.3. The highest BCUT2D eigenvalue weighted by molar-refractivity contribution is 6.03. The minimum atomic E-state index is -1.13. The number of pyridine rings is 4. The molecule has 4 bridgehead atoms.